The van der Waals surface area contributed by atoms with E-state index >= 15 is 0 Å². The van der Waals surface area contributed by atoms with Crippen molar-refractivity contribution in [1.82, 2.24) is 0 Å². The van der Waals surface area contributed by atoms with Crippen molar-refractivity contribution in [1.29, 1.82) is 0 Å². The average molecular weight is 244 g/mol. The number of carbonyl (C=O) groups excluding carboxylic acids is 1. The zero-order valence-corrected chi connectivity index (χ0v) is 8.74. The first-order valence-corrected chi connectivity index (χ1v) is 4.62. The molecular weight excluding hydrogens is 234 g/mol. The number of benzene rings is 1. The molecule has 3 nitrogen and oxygen atoms in total. The Kier molecular flexibility index (Phi) is 3.45. The minimum atomic E-state index is -0.594. The van der Waals surface area contributed by atoms with Gasteiger partial charge in [-0.25, -0.2) is 4.79 Å². The van der Waals surface area contributed by atoms with Crippen LogP contribution in [0.1, 0.15) is 6.92 Å². The molecule has 1 aromatic rings. The maximum Gasteiger partial charge on any atom is 0.328 e. The molecule has 0 aliphatic heterocycles. The normalized spacial score (nSPS) is 12.2. The van der Waals surface area contributed by atoms with E-state index in [1.54, 1.807) is 31.2 Å². The number of halogens is 1. The lowest BCUT2D eigenvalue weighted by Gasteiger charge is -2.05. The second-order valence-electron chi connectivity index (χ2n) is 2.66. The Balaban J connectivity index is 2.65. The van der Waals surface area contributed by atoms with E-state index < -0.39 is 12.0 Å². The van der Waals surface area contributed by atoms with Crippen LogP contribution in [0.15, 0.2) is 28.7 Å². The second-order valence-corrected chi connectivity index (χ2v) is 3.58. The van der Waals surface area contributed by atoms with Gasteiger partial charge in [0.2, 0.25) is 0 Å². The number of rotatable bonds is 2. The molecule has 0 spiro atoms. The van der Waals surface area contributed by atoms with Crippen molar-refractivity contribution in [3.8, 4) is 5.75 Å². The molecule has 0 radical (unpaired) electrons. The van der Waals surface area contributed by atoms with Gasteiger partial charge in [-0.3, -0.25) is 0 Å². The van der Waals surface area contributed by atoms with Crippen molar-refractivity contribution < 1.29 is 9.53 Å². The minimum Gasteiger partial charge on any atom is -0.425 e. The summed E-state index contributed by atoms with van der Waals surface area (Å²) < 4.78 is 5.88. The lowest BCUT2D eigenvalue weighted by molar-refractivity contribution is -0.135. The molecule has 1 atom stereocenters. The van der Waals surface area contributed by atoms with Crippen LogP contribution in [0.4, 0.5) is 0 Å². The third kappa shape index (κ3) is 3.16. The Bertz CT molecular complexity index is 295. The van der Waals surface area contributed by atoms with Crippen molar-refractivity contribution >= 4 is 21.9 Å². The quantitative estimate of drug-likeness (QED) is 0.636. The summed E-state index contributed by atoms with van der Waals surface area (Å²) in [5, 5.41) is 0. The first-order valence-electron chi connectivity index (χ1n) is 3.82. The molecule has 0 saturated heterocycles. The first-order chi connectivity index (χ1) is 6.09. The number of nitrogens with two attached hydrogens (primary N) is 1. The molecule has 0 amide bonds. The number of carbonyl (C=O) groups is 1. The number of ether oxygens (including phenoxy) is 1. The molecule has 0 aromatic heterocycles. The van der Waals surface area contributed by atoms with Crippen LogP contribution in [0.2, 0.25) is 0 Å². The summed E-state index contributed by atoms with van der Waals surface area (Å²) in [5.74, 6) is 0.0767. The Hall–Kier alpha value is -0.870. The predicted molar refractivity (Wildman–Crippen MR) is 53.4 cm³/mol. The summed E-state index contributed by atoms with van der Waals surface area (Å²) in [6.07, 6.45) is 0. The van der Waals surface area contributed by atoms with Gasteiger partial charge < -0.3 is 10.5 Å². The van der Waals surface area contributed by atoms with Crippen LogP contribution in [0.3, 0.4) is 0 Å². The topological polar surface area (TPSA) is 52.3 Å². The fourth-order valence-electron chi connectivity index (χ4n) is 0.712. The van der Waals surface area contributed by atoms with Crippen molar-refractivity contribution in [3.05, 3.63) is 28.7 Å². The van der Waals surface area contributed by atoms with Gasteiger partial charge in [0.25, 0.3) is 0 Å². The molecule has 0 heterocycles. The Morgan fingerprint density at radius 1 is 1.46 bits per heavy atom. The van der Waals surface area contributed by atoms with Gasteiger partial charge >= 0.3 is 5.97 Å². The smallest absolute Gasteiger partial charge is 0.328 e. The summed E-state index contributed by atoms with van der Waals surface area (Å²) in [7, 11) is 0. The molecule has 0 bridgehead atoms. The zero-order valence-electron chi connectivity index (χ0n) is 7.16. The highest BCUT2D eigenvalue weighted by atomic mass is 79.9. The van der Waals surface area contributed by atoms with E-state index in [2.05, 4.69) is 15.9 Å². The van der Waals surface area contributed by atoms with E-state index in [9.17, 15) is 4.79 Å². The molecule has 4 heteroatoms. The monoisotopic (exact) mass is 243 g/mol. The molecule has 1 rings (SSSR count). The third-order valence-corrected chi connectivity index (χ3v) is 1.93. The van der Waals surface area contributed by atoms with Gasteiger partial charge in [-0.1, -0.05) is 15.9 Å². The lowest BCUT2D eigenvalue weighted by Crippen LogP contribution is -2.30. The zero-order chi connectivity index (χ0) is 9.84. The van der Waals surface area contributed by atoms with E-state index in [-0.39, 0.29) is 0 Å². The standard InChI is InChI=1S/C9H10BrNO2/c1-6(11)9(12)13-8-4-2-7(10)3-5-8/h2-6H,11H2,1H3/t6-/m0/s1. The van der Waals surface area contributed by atoms with E-state index in [1.807, 2.05) is 0 Å². The van der Waals surface area contributed by atoms with E-state index in [0.29, 0.717) is 5.75 Å². The fourth-order valence-corrected chi connectivity index (χ4v) is 0.976. The first kappa shape index (κ1) is 10.2. The third-order valence-electron chi connectivity index (χ3n) is 1.40. The van der Waals surface area contributed by atoms with Gasteiger partial charge in [-0.15, -0.1) is 0 Å². The van der Waals surface area contributed by atoms with E-state index in [0.717, 1.165) is 4.47 Å². The molecule has 0 aliphatic carbocycles. The van der Waals surface area contributed by atoms with Crippen LogP contribution in [0, 0.1) is 0 Å². The fraction of sp³-hybridized carbons (Fsp3) is 0.222. The molecule has 13 heavy (non-hydrogen) atoms. The average Bonchev–Trinajstić information content (AvgIpc) is 2.08. The Morgan fingerprint density at radius 3 is 2.46 bits per heavy atom. The van der Waals surface area contributed by atoms with Gasteiger partial charge in [-0.05, 0) is 31.2 Å². The van der Waals surface area contributed by atoms with Gasteiger partial charge in [0.1, 0.15) is 11.8 Å². The van der Waals surface area contributed by atoms with Crippen LogP contribution in [-0.4, -0.2) is 12.0 Å². The molecule has 0 aliphatic rings. The molecule has 0 saturated carbocycles. The summed E-state index contributed by atoms with van der Waals surface area (Å²) in [5.41, 5.74) is 5.33. The Labute approximate surface area is 85.0 Å². The van der Waals surface area contributed by atoms with Crippen molar-refractivity contribution in [2.75, 3.05) is 0 Å². The van der Waals surface area contributed by atoms with Crippen LogP contribution >= 0.6 is 15.9 Å². The molecular formula is C9H10BrNO2. The van der Waals surface area contributed by atoms with Crippen molar-refractivity contribution in [3.63, 3.8) is 0 Å². The molecule has 0 unspecified atom stereocenters. The van der Waals surface area contributed by atoms with Crippen LogP contribution in [0.5, 0.6) is 5.75 Å². The summed E-state index contributed by atoms with van der Waals surface area (Å²) in [6.45, 7) is 1.58. The molecule has 2 N–H and O–H groups in total. The van der Waals surface area contributed by atoms with Crippen LogP contribution < -0.4 is 10.5 Å². The highest BCUT2D eigenvalue weighted by molar-refractivity contribution is 9.10. The highest BCUT2D eigenvalue weighted by Gasteiger charge is 2.09. The summed E-state index contributed by atoms with van der Waals surface area (Å²) in [6, 6.07) is 6.39. The summed E-state index contributed by atoms with van der Waals surface area (Å²) >= 11 is 3.28. The molecule has 1 aromatic carbocycles. The molecule has 70 valence electrons. The van der Waals surface area contributed by atoms with Gasteiger partial charge in [-0.2, -0.15) is 0 Å². The highest BCUT2D eigenvalue weighted by Crippen LogP contribution is 2.16. The molecule has 0 fully saturated rings. The van der Waals surface area contributed by atoms with E-state index in [4.69, 9.17) is 10.5 Å². The maximum atomic E-state index is 11.0. The Morgan fingerprint density at radius 2 is 2.00 bits per heavy atom. The predicted octanol–water partition coefficient (Wildman–Crippen LogP) is 1.70. The van der Waals surface area contributed by atoms with Crippen LogP contribution in [-0.2, 0) is 4.79 Å². The number of esters is 1. The number of hydrogen-bond donors (Lipinski definition) is 1. The summed E-state index contributed by atoms with van der Waals surface area (Å²) in [4.78, 5) is 11.0. The van der Waals surface area contributed by atoms with Crippen molar-refractivity contribution in [2.45, 2.75) is 13.0 Å². The van der Waals surface area contributed by atoms with Gasteiger partial charge in [0, 0.05) is 4.47 Å². The largest absolute Gasteiger partial charge is 0.425 e. The number of hydrogen-bond acceptors (Lipinski definition) is 3. The lowest BCUT2D eigenvalue weighted by atomic mass is 10.3. The van der Waals surface area contributed by atoms with Crippen molar-refractivity contribution in [2.24, 2.45) is 5.73 Å². The van der Waals surface area contributed by atoms with Gasteiger partial charge in [0.15, 0.2) is 0 Å². The maximum absolute atomic E-state index is 11.0. The van der Waals surface area contributed by atoms with E-state index in [1.165, 1.54) is 0 Å². The van der Waals surface area contributed by atoms with Crippen LogP contribution in [0.25, 0.3) is 0 Å². The SMILES string of the molecule is C[C@H](N)C(=O)Oc1ccc(Br)cc1. The minimum absolute atomic E-state index is 0.428. The van der Waals surface area contributed by atoms with Gasteiger partial charge in [0.05, 0.1) is 0 Å². The second kappa shape index (κ2) is 4.39.